The molecule has 28 heteroatoms. The first-order valence-corrected chi connectivity index (χ1v) is 19.9. The second kappa shape index (κ2) is 26.2. The molecule has 59 heavy (non-hydrogen) atoms. The largest absolute Gasteiger partial charge is 0.253 e. The smallest absolute Gasteiger partial charge is 0.252 e. The number of rotatable bonds is 0. The van der Waals surface area contributed by atoms with E-state index < -0.39 is 0 Å². The summed E-state index contributed by atoms with van der Waals surface area (Å²) < 4.78 is 27.7. The molecule has 0 atom stereocenters. The highest BCUT2D eigenvalue weighted by Crippen LogP contribution is 2.00. The van der Waals surface area contributed by atoms with Crippen LogP contribution in [0.1, 0.15) is 67.7 Å². The van der Waals surface area contributed by atoms with Gasteiger partial charge in [0.15, 0.2) is 10.4 Å². The maximum absolute atomic E-state index is 4.02. The number of hydrogen-bond acceptors (Lipinski definition) is 21. The topological polar surface area (TPSA) is 264 Å². The highest BCUT2D eigenvalue weighted by atomic mass is 32.1. The van der Waals surface area contributed by atoms with E-state index in [2.05, 4.69) is 89.7 Å². The third-order valence-electron chi connectivity index (χ3n) is 7.63. The van der Waals surface area contributed by atoms with Crippen LogP contribution in [-0.4, -0.2) is 113 Å². The maximum Gasteiger partial charge on any atom is 0.253 e. The lowest BCUT2D eigenvalue weighted by atomic mass is 10.4. The molecule has 8 heterocycles. The minimum absolute atomic E-state index is 0.833. The van der Waals surface area contributed by atoms with Gasteiger partial charge in [0.25, 0.3) is 11.6 Å². The lowest BCUT2D eigenvalue weighted by molar-refractivity contribution is -0.737. The van der Waals surface area contributed by atoms with Crippen molar-refractivity contribution >= 4 is 34.8 Å². The first kappa shape index (κ1) is 51.1. The molecule has 0 aliphatic rings. The Bertz CT molecular complexity index is 1960. The van der Waals surface area contributed by atoms with Gasteiger partial charge in [0.05, 0.1) is 62.7 Å². The number of nitrogens with zero attached hydrogens (tertiary/aromatic N) is 25. The molecule has 8 aromatic rings. The van der Waals surface area contributed by atoms with E-state index in [9.17, 15) is 0 Å². The minimum Gasteiger partial charge on any atom is -0.252 e. The van der Waals surface area contributed by atoms with Crippen molar-refractivity contribution in [3.8, 4) is 0 Å². The first-order chi connectivity index (χ1) is 27.6. The summed E-state index contributed by atoms with van der Waals surface area (Å²) in [5, 5.41) is 45.8. The molecule has 0 N–H and O–H groups in total. The summed E-state index contributed by atoms with van der Waals surface area (Å²) in [5.74, 6) is 5.51. The zero-order chi connectivity index (χ0) is 44.8. The second-order valence-corrected chi connectivity index (χ2v) is 14.7. The van der Waals surface area contributed by atoms with Gasteiger partial charge in [0, 0.05) is 35.0 Å². The molecule has 322 valence electrons. The Morgan fingerprint density at radius 2 is 0.814 bits per heavy atom. The van der Waals surface area contributed by atoms with Crippen LogP contribution in [0.15, 0.2) is 0 Å². The van der Waals surface area contributed by atoms with Gasteiger partial charge in [-0.15, -0.1) is 24.7 Å². The molecule has 0 unspecified atom stereocenters. The Kier molecular flexibility index (Phi) is 22.7. The van der Waals surface area contributed by atoms with Crippen LogP contribution in [0.4, 0.5) is 0 Å². The van der Waals surface area contributed by atoms with Crippen LogP contribution < -0.4 is 9.36 Å². The average molecular weight is 876 g/mol. The Balaban J connectivity index is 0.000000337. The first-order valence-electron chi connectivity index (χ1n) is 17.6. The van der Waals surface area contributed by atoms with Crippen LogP contribution in [0, 0.1) is 83.1 Å². The molecular formula is C31H57N25S3+2. The van der Waals surface area contributed by atoms with Gasteiger partial charge >= 0.3 is 0 Å². The molecule has 0 aliphatic heterocycles. The summed E-state index contributed by atoms with van der Waals surface area (Å²) in [6.45, 7) is 23.2. The van der Waals surface area contributed by atoms with Crippen molar-refractivity contribution in [1.82, 2.24) is 113 Å². The highest BCUT2D eigenvalue weighted by Gasteiger charge is 2.06. The van der Waals surface area contributed by atoms with E-state index in [1.165, 1.54) is 34.8 Å². The molecule has 0 radical (unpaired) electrons. The van der Waals surface area contributed by atoms with Crippen molar-refractivity contribution in [2.24, 2.45) is 49.3 Å². The molecular weight excluding hydrogens is 819 g/mol. The summed E-state index contributed by atoms with van der Waals surface area (Å²) in [4.78, 5) is 8.04. The maximum atomic E-state index is 4.02. The zero-order valence-electron chi connectivity index (χ0n) is 37.4. The molecule has 0 fully saturated rings. The van der Waals surface area contributed by atoms with Gasteiger partial charge in [-0.1, -0.05) is 14.6 Å². The summed E-state index contributed by atoms with van der Waals surface area (Å²) in [7, 11) is 12.9. The van der Waals surface area contributed by atoms with E-state index in [-0.39, 0.29) is 0 Å². The van der Waals surface area contributed by atoms with Crippen LogP contribution in [0.3, 0.4) is 0 Å². The quantitative estimate of drug-likeness (QED) is 0.191. The minimum atomic E-state index is 0.833. The number of tetrazole rings is 4. The Morgan fingerprint density at radius 3 is 0.898 bits per heavy atom. The third kappa shape index (κ3) is 19.9. The van der Waals surface area contributed by atoms with Crippen LogP contribution in [0.5, 0.6) is 0 Å². The van der Waals surface area contributed by atoms with Crippen LogP contribution in [0.2, 0.25) is 0 Å². The summed E-state index contributed by atoms with van der Waals surface area (Å²) >= 11 is 4.15. The van der Waals surface area contributed by atoms with E-state index in [1.807, 2.05) is 118 Å². The summed E-state index contributed by atoms with van der Waals surface area (Å²) in [6.07, 6.45) is 0. The predicted octanol–water partition coefficient (Wildman–Crippen LogP) is 0.830. The molecule has 0 amide bonds. The van der Waals surface area contributed by atoms with Crippen LogP contribution in [-0.2, 0) is 49.3 Å². The molecule has 8 aromatic heterocycles. The number of aromatic nitrogens is 25. The van der Waals surface area contributed by atoms with Crippen molar-refractivity contribution in [2.45, 2.75) is 83.1 Å². The SMILES string of the molecule is Cc1n(C)nn[n+]1C.Cc1n(C)nn[n+]1C.Cc1nnn(C)c1C.Cc1nnnn1C.Cc1nnnn1C.Cc1nsc(C)n1.Cc1nsc(C)n1.Cc1nsnc1C. The fraction of sp³-hybridized carbons (Fsp3) is 0.613. The van der Waals surface area contributed by atoms with Crippen molar-refractivity contribution in [3.05, 3.63) is 67.7 Å². The van der Waals surface area contributed by atoms with Gasteiger partial charge in [-0.2, -0.15) is 17.5 Å². The van der Waals surface area contributed by atoms with Gasteiger partial charge < -0.3 is 0 Å². The van der Waals surface area contributed by atoms with Crippen LogP contribution >= 0.6 is 34.8 Å². The lowest BCUT2D eigenvalue weighted by Gasteiger charge is -1.87. The van der Waals surface area contributed by atoms with Crippen molar-refractivity contribution in [3.63, 3.8) is 0 Å². The molecule has 0 aromatic carbocycles. The lowest BCUT2D eigenvalue weighted by Crippen LogP contribution is -2.33. The van der Waals surface area contributed by atoms with E-state index in [4.69, 9.17) is 0 Å². The zero-order valence-corrected chi connectivity index (χ0v) is 39.9. The fourth-order valence-electron chi connectivity index (χ4n) is 3.05. The summed E-state index contributed by atoms with van der Waals surface area (Å²) in [5.41, 5.74) is 4.23. The number of aryl methyl sites for hydroxylation is 16. The van der Waals surface area contributed by atoms with Gasteiger partial charge in [-0.3, -0.25) is 4.68 Å². The van der Waals surface area contributed by atoms with Crippen molar-refractivity contribution in [1.29, 1.82) is 0 Å². The molecule has 0 saturated carbocycles. The highest BCUT2D eigenvalue weighted by molar-refractivity contribution is 7.05. The standard InChI is InChI=1S/C5H9N3.2C4H9N4.3C4H6N2S.2C3H6N4/c1-4-5(2)8(3)7-6-4;2*1-4-7(2)5-6-8(4)3;2*1-3-5-4(2)7-6-3;1-3-4(2)6-7-5-3;2*1-3-4-5-6-7(3)2/h3*1-3H3;5*1-2H3/q;2*+1;;;;;. The summed E-state index contributed by atoms with van der Waals surface area (Å²) in [6, 6.07) is 0. The molecule has 0 bridgehead atoms. The van der Waals surface area contributed by atoms with Crippen LogP contribution in [0.25, 0.3) is 0 Å². The molecule has 8 rings (SSSR count). The Morgan fingerprint density at radius 1 is 0.424 bits per heavy atom. The van der Waals surface area contributed by atoms with E-state index in [0.29, 0.717) is 0 Å². The number of hydrogen-bond donors (Lipinski definition) is 0. The monoisotopic (exact) mass is 875 g/mol. The third-order valence-corrected chi connectivity index (χ3v) is 9.76. The predicted molar refractivity (Wildman–Crippen MR) is 220 cm³/mol. The average Bonchev–Trinajstić information content (AvgIpc) is 4.12. The van der Waals surface area contributed by atoms with E-state index >= 15 is 0 Å². The molecule has 0 saturated heterocycles. The van der Waals surface area contributed by atoms with Gasteiger partial charge in [0.1, 0.15) is 43.7 Å². The molecule has 25 nitrogen and oxygen atoms in total. The van der Waals surface area contributed by atoms with Gasteiger partial charge in [-0.05, 0) is 113 Å². The molecule has 0 aliphatic carbocycles. The Labute approximate surface area is 356 Å². The van der Waals surface area contributed by atoms with Gasteiger partial charge in [0.2, 0.25) is 0 Å². The van der Waals surface area contributed by atoms with Gasteiger partial charge in [-0.25, -0.2) is 19.3 Å². The van der Waals surface area contributed by atoms with Crippen molar-refractivity contribution < 1.29 is 9.36 Å². The fourth-order valence-corrected chi connectivity index (χ4v) is 4.56. The normalized spacial score (nSPS) is 9.61. The van der Waals surface area contributed by atoms with E-state index in [1.54, 1.807) is 46.9 Å². The molecule has 0 spiro atoms. The Hall–Kier alpha value is -5.90. The van der Waals surface area contributed by atoms with E-state index in [0.717, 1.165) is 67.7 Å². The van der Waals surface area contributed by atoms with Crippen molar-refractivity contribution in [2.75, 3.05) is 0 Å². The second-order valence-electron chi connectivity index (χ2n) is 12.3.